The van der Waals surface area contributed by atoms with Crippen LogP contribution in [0.25, 0.3) is 0 Å². The van der Waals surface area contributed by atoms with Gasteiger partial charge in [-0.3, -0.25) is 9.69 Å². The molecule has 4 heteroatoms. The summed E-state index contributed by atoms with van der Waals surface area (Å²) in [5, 5.41) is 2.93. The van der Waals surface area contributed by atoms with E-state index in [9.17, 15) is 4.79 Å². The third-order valence-electron chi connectivity index (χ3n) is 4.05. The molecular formula is C14H27N3O. The average Bonchev–Trinajstić information content (AvgIpc) is 2.73. The predicted octanol–water partition coefficient (Wildman–Crippen LogP) is 0.929. The quantitative estimate of drug-likeness (QED) is 0.813. The van der Waals surface area contributed by atoms with E-state index in [0.29, 0.717) is 5.41 Å². The van der Waals surface area contributed by atoms with Crippen LogP contribution in [-0.2, 0) is 4.79 Å². The lowest BCUT2D eigenvalue weighted by molar-refractivity contribution is -0.124. The molecule has 0 aromatic rings. The Labute approximate surface area is 111 Å². The Kier molecular flexibility index (Phi) is 4.28. The zero-order valence-electron chi connectivity index (χ0n) is 12.0. The lowest BCUT2D eigenvalue weighted by atomic mass is 9.92. The van der Waals surface area contributed by atoms with Crippen molar-refractivity contribution in [2.24, 2.45) is 5.41 Å². The summed E-state index contributed by atoms with van der Waals surface area (Å²) in [7, 11) is 0. The molecule has 0 bridgehead atoms. The van der Waals surface area contributed by atoms with Crippen LogP contribution in [0.3, 0.4) is 0 Å². The predicted molar refractivity (Wildman–Crippen MR) is 73.5 cm³/mol. The first-order valence-electron chi connectivity index (χ1n) is 7.20. The van der Waals surface area contributed by atoms with Crippen LogP contribution in [0.5, 0.6) is 0 Å². The van der Waals surface area contributed by atoms with Gasteiger partial charge < -0.3 is 10.2 Å². The summed E-state index contributed by atoms with van der Waals surface area (Å²) in [5.41, 5.74) is 0.419. The van der Waals surface area contributed by atoms with Crippen molar-refractivity contribution in [2.75, 3.05) is 39.3 Å². The van der Waals surface area contributed by atoms with E-state index in [1.165, 1.54) is 13.0 Å². The monoisotopic (exact) mass is 253 g/mol. The number of carbonyl (C=O) groups is 1. The van der Waals surface area contributed by atoms with E-state index in [1.54, 1.807) is 0 Å². The van der Waals surface area contributed by atoms with Crippen molar-refractivity contribution in [3.8, 4) is 0 Å². The molecule has 0 aromatic heterocycles. The number of hydrogen-bond donors (Lipinski definition) is 1. The molecule has 1 amide bonds. The van der Waals surface area contributed by atoms with Gasteiger partial charge in [-0.05, 0) is 24.8 Å². The number of nitrogens with one attached hydrogen (secondary N) is 1. The zero-order valence-corrected chi connectivity index (χ0v) is 12.0. The van der Waals surface area contributed by atoms with E-state index in [0.717, 1.165) is 39.1 Å². The Balaban J connectivity index is 1.73. The second-order valence-corrected chi connectivity index (χ2v) is 6.78. The third kappa shape index (κ3) is 3.69. The molecule has 0 aromatic carbocycles. The molecule has 0 unspecified atom stereocenters. The van der Waals surface area contributed by atoms with Crippen LogP contribution < -0.4 is 5.32 Å². The molecule has 2 aliphatic rings. The van der Waals surface area contributed by atoms with Crippen molar-refractivity contribution in [2.45, 2.75) is 39.7 Å². The fourth-order valence-corrected chi connectivity index (χ4v) is 2.72. The van der Waals surface area contributed by atoms with Gasteiger partial charge in [0, 0.05) is 32.7 Å². The first-order chi connectivity index (χ1) is 8.46. The Morgan fingerprint density at radius 1 is 1.22 bits per heavy atom. The van der Waals surface area contributed by atoms with Gasteiger partial charge in [-0.1, -0.05) is 20.8 Å². The topological polar surface area (TPSA) is 35.6 Å². The van der Waals surface area contributed by atoms with Crippen molar-refractivity contribution >= 4 is 5.91 Å². The summed E-state index contributed by atoms with van der Waals surface area (Å²) in [6.07, 6.45) is 2.23. The molecule has 2 heterocycles. The van der Waals surface area contributed by atoms with E-state index in [-0.39, 0.29) is 11.9 Å². The standard InChI is InChI=1S/C14H27N3O/c1-14(2,3)5-7-16-8-10-17(11-9-16)12-4-6-15-13(12)18/h12H,4-11H2,1-3H3,(H,15,18)/t12-/m1/s1. The second-order valence-electron chi connectivity index (χ2n) is 6.78. The SMILES string of the molecule is CC(C)(C)CCN1CCN([C@@H]2CCNC2=O)CC1. The third-order valence-corrected chi connectivity index (χ3v) is 4.05. The molecule has 0 spiro atoms. The van der Waals surface area contributed by atoms with Crippen molar-refractivity contribution in [3.63, 3.8) is 0 Å². The highest BCUT2D eigenvalue weighted by molar-refractivity contribution is 5.83. The summed E-state index contributed by atoms with van der Waals surface area (Å²) >= 11 is 0. The van der Waals surface area contributed by atoms with Gasteiger partial charge >= 0.3 is 0 Å². The summed E-state index contributed by atoms with van der Waals surface area (Å²) in [6, 6.07) is 0.148. The first-order valence-corrected chi connectivity index (χ1v) is 7.20. The van der Waals surface area contributed by atoms with Gasteiger partial charge in [-0.2, -0.15) is 0 Å². The van der Waals surface area contributed by atoms with E-state index >= 15 is 0 Å². The Morgan fingerprint density at radius 2 is 1.89 bits per heavy atom. The van der Waals surface area contributed by atoms with Crippen LogP contribution in [0.2, 0.25) is 0 Å². The second kappa shape index (κ2) is 5.57. The number of carbonyl (C=O) groups excluding carboxylic acids is 1. The molecule has 18 heavy (non-hydrogen) atoms. The Bertz CT molecular complexity index is 290. The van der Waals surface area contributed by atoms with E-state index < -0.39 is 0 Å². The number of amides is 1. The van der Waals surface area contributed by atoms with Gasteiger partial charge in [0.25, 0.3) is 0 Å². The van der Waals surface area contributed by atoms with Crippen LogP contribution >= 0.6 is 0 Å². The van der Waals surface area contributed by atoms with Crippen molar-refractivity contribution in [1.82, 2.24) is 15.1 Å². The Hall–Kier alpha value is -0.610. The van der Waals surface area contributed by atoms with Crippen molar-refractivity contribution in [3.05, 3.63) is 0 Å². The fraction of sp³-hybridized carbons (Fsp3) is 0.929. The molecule has 1 N–H and O–H groups in total. The minimum atomic E-state index is 0.148. The maximum Gasteiger partial charge on any atom is 0.237 e. The molecule has 2 aliphatic heterocycles. The minimum Gasteiger partial charge on any atom is -0.355 e. The van der Waals surface area contributed by atoms with Crippen molar-refractivity contribution in [1.29, 1.82) is 0 Å². The Morgan fingerprint density at radius 3 is 2.39 bits per heavy atom. The largest absolute Gasteiger partial charge is 0.355 e. The molecule has 0 saturated carbocycles. The molecular weight excluding hydrogens is 226 g/mol. The number of rotatable bonds is 3. The number of hydrogen-bond acceptors (Lipinski definition) is 3. The summed E-state index contributed by atoms with van der Waals surface area (Å²) in [6.45, 7) is 13.2. The van der Waals surface area contributed by atoms with Crippen LogP contribution in [0.4, 0.5) is 0 Å². The molecule has 104 valence electrons. The normalized spacial score (nSPS) is 27.5. The highest BCUT2D eigenvalue weighted by Crippen LogP contribution is 2.20. The zero-order chi connectivity index (χ0) is 13.2. The smallest absolute Gasteiger partial charge is 0.237 e. The molecule has 2 rings (SSSR count). The molecule has 0 aliphatic carbocycles. The van der Waals surface area contributed by atoms with E-state index in [2.05, 4.69) is 35.9 Å². The van der Waals surface area contributed by atoms with Crippen LogP contribution in [0.15, 0.2) is 0 Å². The van der Waals surface area contributed by atoms with E-state index in [4.69, 9.17) is 0 Å². The van der Waals surface area contributed by atoms with Gasteiger partial charge in [0.2, 0.25) is 5.91 Å². The summed E-state index contributed by atoms with van der Waals surface area (Å²) < 4.78 is 0. The lowest BCUT2D eigenvalue weighted by Crippen LogP contribution is -2.52. The fourth-order valence-electron chi connectivity index (χ4n) is 2.72. The van der Waals surface area contributed by atoms with Crippen molar-refractivity contribution < 1.29 is 4.79 Å². The molecule has 0 radical (unpaired) electrons. The highest BCUT2D eigenvalue weighted by atomic mass is 16.2. The summed E-state index contributed by atoms with van der Waals surface area (Å²) in [5.74, 6) is 0.234. The van der Waals surface area contributed by atoms with Gasteiger partial charge in [-0.15, -0.1) is 0 Å². The highest BCUT2D eigenvalue weighted by Gasteiger charge is 2.32. The molecule has 2 fully saturated rings. The van der Waals surface area contributed by atoms with Gasteiger partial charge in [0.15, 0.2) is 0 Å². The average molecular weight is 253 g/mol. The molecule has 2 saturated heterocycles. The maximum absolute atomic E-state index is 11.6. The number of nitrogens with zero attached hydrogens (tertiary/aromatic N) is 2. The van der Waals surface area contributed by atoms with E-state index in [1.807, 2.05) is 0 Å². The summed E-state index contributed by atoms with van der Waals surface area (Å²) in [4.78, 5) is 16.5. The lowest BCUT2D eigenvalue weighted by Gasteiger charge is -2.37. The van der Waals surface area contributed by atoms with Gasteiger partial charge in [0.05, 0.1) is 6.04 Å². The molecule has 1 atom stereocenters. The van der Waals surface area contributed by atoms with Crippen LogP contribution in [0.1, 0.15) is 33.6 Å². The first kappa shape index (κ1) is 13.8. The van der Waals surface area contributed by atoms with Gasteiger partial charge in [-0.25, -0.2) is 0 Å². The van der Waals surface area contributed by atoms with Crippen LogP contribution in [-0.4, -0.2) is 61.0 Å². The molecule has 4 nitrogen and oxygen atoms in total. The maximum atomic E-state index is 11.6. The van der Waals surface area contributed by atoms with Crippen LogP contribution in [0, 0.1) is 5.41 Å². The van der Waals surface area contributed by atoms with Gasteiger partial charge in [0.1, 0.15) is 0 Å². The minimum absolute atomic E-state index is 0.148. The number of piperazine rings is 1.